The number of carbonyl (C=O) groups is 2. The molecular formula is C26H30N2O3. The van der Waals surface area contributed by atoms with Gasteiger partial charge < -0.3 is 4.74 Å². The molecule has 0 unspecified atom stereocenters. The largest absolute Gasteiger partial charge is 0.443 e. The zero-order valence-electron chi connectivity index (χ0n) is 18.7. The molecule has 0 aliphatic carbocycles. The predicted molar refractivity (Wildman–Crippen MR) is 123 cm³/mol. The summed E-state index contributed by atoms with van der Waals surface area (Å²) in [5, 5.41) is 0. The molecule has 2 atom stereocenters. The lowest BCUT2D eigenvalue weighted by Gasteiger charge is -2.36. The molecule has 0 radical (unpaired) electrons. The summed E-state index contributed by atoms with van der Waals surface area (Å²) in [6.45, 7) is 6.81. The molecule has 0 aromatic heterocycles. The van der Waals surface area contributed by atoms with Gasteiger partial charge in [0.05, 0.1) is 11.7 Å². The highest BCUT2D eigenvalue weighted by Crippen LogP contribution is 2.47. The second-order valence-electron chi connectivity index (χ2n) is 9.41. The highest BCUT2D eigenvalue weighted by atomic mass is 16.6. The number of nitrogens with zero attached hydrogens (tertiary/aromatic N) is 2. The van der Waals surface area contributed by atoms with Crippen molar-refractivity contribution in [2.24, 2.45) is 0 Å². The van der Waals surface area contributed by atoms with E-state index in [0.29, 0.717) is 12.1 Å². The van der Waals surface area contributed by atoms with Crippen LogP contribution in [0.5, 0.6) is 0 Å². The molecule has 2 heterocycles. The molecule has 0 N–H and O–H groups in total. The predicted octanol–water partition coefficient (Wildman–Crippen LogP) is 4.82. The number of ether oxygens (including phenoxy) is 1. The van der Waals surface area contributed by atoms with E-state index < -0.39 is 11.0 Å². The quantitative estimate of drug-likeness (QED) is 0.518. The van der Waals surface area contributed by atoms with E-state index in [1.165, 1.54) is 0 Å². The van der Waals surface area contributed by atoms with Gasteiger partial charge in [-0.25, -0.2) is 4.79 Å². The molecule has 0 bridgehead atoms. The number of amides is 1. The number of anilines is 1. The number of rotatable bonds is 2. The summed E-state index contributed by atoms with van der Waals surface area (Å²) in [7, 11) is 2.01. The summed E-state index contributed by atoms with van der Waals surface area (Å²) < 4.78 is 5.68. The van der Waals surface area contributed by atoms with Crippen molar-refractivity contribution in [2.45, 2.75) is 44.2 Å². The van der Waals surface area contributed by atoms with Gasteiger partial charge in [-0.1, -0.05) is 60.7 Å². The average molecular weight is 419 g/mol. The minimum absolute atomic E-state index is 0.103. The number of para-hydroxylation sites is 1. The van der Waals surface area contributed by atoms with Crippen LogP contribution in [0, 0.1) is 0 Å². The van der Waals surface area contributed by atoms with Crippen LogP contribution in [0.15, 0.2) is 66.7 Å². The Morgan fingerprint density at radius 2 is 1.71 bits per heavy atom. The number of likely N-dealkylation sites (tertiary alicyclic amines) is 1. The average Bonchev–Trinajstić information content (AvgIpc) is 2.97. The third-order valence-electron chi connectivity index (χ3n) is 6.13. The summed E-state index contributed by atoms with van der Waals surface area (Å²) in [5.41, 5.74) is 1.42. The van der Waals surface area contributed by atoms with Gasteiger partial charge in [0.15, 0.2) is 5.78 Å². The first kappa shape index (κ1) is 21.3. The Morgan fingerprint density at radius 1 is 1.03 bits per heavy atom. The van der Waals surface area contributed by atoms with Gasteiger partial charge in [0, 0.05) is 17.5 Å². The Balaban J connectivity index is 1.81. The minimum atomic E-state index is -0.584. The third kappa shape index (κ3) is 3.90. The van der Waals surface area contributed by atoms with Gasteiger partial charge in [-0.3, -0.25) is 14.6 Å². The molecule has 5 nitrogen and oxygen atoms in total. The number of hydrogen-bond donors (Lipinski definition) is 0. The highest BCUT2D eigenvalue weighted by molar-refractivity contribution is 6.02. The first-order chi connectivity index (χ1) is 14.7. The van der Waals surface area contributed by atoms with Crippen molar-refractivity contribution in [3.8, 4) is 0 Å². The summed E-state index contributed by atoms with van der Waals surface area (Å²) in [6, 6.07) is 17.0. The Bertz CT molecular complexity index is 1010. The van der Waals surface area contributed by atoms with E-state index in [0.717, 1.165) is 24.2 Å². The fourth-order valence-corrected chi connectivity index (χ4v) is 4.82. The maximum atomic E-state index is 13.7. The van der Waals surface area contributed by atoms with E-state index in [-0.39, 0.29) is 17.9 Å². The van der Waals surface area contributed by atoms with Crippen LogP contribution < -0.4 is 4.90 Å². The van der Waals surface area contributed by atoms with Crippen LogP contribution in [0.1, 0.15) is 43.1 Å². The van der Waals surface area contributed by atoms with Crippen LogP contribution in [0.3, 0.4) is 0 Å². The van der Waals surface area contributed by atoms with Gasteiger partial charge in [-0.2, -0.15) is 0 Å². The lowest BCUT2D eigenvalue weighted by Crippen LogP contribution is -2.46. The van der Waals surface area contributed by atoms with Crippen LogP contribution in [0.25, 0.3) is 0 Å². The third-order valence-corrected chi connectivity index (χ3v) is 6.13. The molecule has 2 aliphatic heterocycles. The maximum Gasteiger partial charge on any atom is 0.415 e. The summed E-state index contributed by atoms with van der Waals surface area (Å²) in [6.07, 6.45) is 4.58. The van der Waals surface area contributed by atoms with Crippen molar-refractivity contribution in [1.82, 2.24) is 4.90 Å². The lowest BCUT2D eigenvalue weighted by molar-refractivity contribution is 0.0584. The van der Waals surface area contributed by atoms with Gasteiger partial charge in [0.2, 0.25) is 0 Å². The molecule has 4 rings (SSSR count). The molecule has 2 aliphatic rings. The molecule has 31 heavy (non-hydrogen) atoms. The van der Waals surface area contributed by atoms with Gasteiger partial charge in [-0.15, -0.1) is 0 Å². The van der Waals surface area contributed by atoms with Crippen molar-refractivity contribution in [2.75, 3.05) is 25.0 Å². The topological polar surface area (TPSA) is 49.9 Å². The minimum Gasteiger partial charge on any atom is -0.443 e. The van der Waals surface area contributed by atoms with Gasteiger partial charge in [0.1, 0.15) is 5.60 Å². The van der Waals surface area contributed by atoms with E-state index >= 15 is 0 Å². The molecule has 0 saturated carbocycles. The summed E-state index contributed by atoms with van der Waals surface area (Å²) >= 11 is 0. The van der Waals surface area contributed by atoms with Gasteiger partial charge in [0.25, 0.3) is 0 Å². The maximum absolute atomic E-state index is 13.7. The number of fused-ring (bicyclic) bond motifs is 2. The van der Waals surface area contributed by atoms with Crippen LogP contribution in [0.4, 0.5) is 10.5 Å². The van der Waals surface area contributed by atoms with E-state index in [9.17, 15) is 9.59 Å². The Kier molecular flexibility index (Phi) is 5.48. The molecule has 2 aromatic rings. The Morgan fingerprint density at radius 3 is 2.42 bits per heavy atom. The number of Topliss-reactive ketones (excluding diaryl/α,β-unsaturated/α-hetero) is 1. The summed E-state index contributed by atoms with van der Waals surface area (Å²) in [4.78, 5) is 30.5. The number of ketones is 1. The van der Waals surface area contributed by atoms with Gasteiger partial charge >= 0.3 is 6.09 Å². The fourth-order valence-electron chi connectivity index (χ4n) is 4.82. The molecular weight excluding hydrogens is 388 g/mol. The number of hydrogen-bond acceptors (Lipinski definition) is 4. The van der Waals surface area contributed by atoms with Crippen LogP contribution in [0.2, 0.25) is 0 Å². The van der Waals surface area contributed by atoms with Crippen LogP contribution >= 0.6 is 0 Å². The standard InChI is InChI=1S/C26H30N2O3/c1-25(2,3)31-24(30)28-17-10-15-26(20-13-8-9-14-21(20)28)16-18-27(4)23(26)22(29)19-11-6-5-7-12-19/h5-15,23H,16-18H2,1-4H3/t23-,26-/m1/s1. The Hall–Kier alpha value is -2.92. The van der Waals surface area contributed by atoms with Crippen molar-refractivity contribution in [1.29, 1.82) is 0 Å². The molecule has 1 saturated heterocycles. The zero-order valence-corrected chi connectivity index (χ0v) is 18.7. The number of likely N-dealkylation sites (N-methyl/N-ethyl adjacent to an activating group) is 1. The molecule has 2 aromatic carbocycles. The number of carbonyl (C=O) groups excluding carboxylic acids is 2. The van der Waals surface area contributed by atoms with Crippen molar-refractivity contribution in [3.05, 3.63) is 77.9 Å². The van der Waals surface area contributed by atoms with Crippen LogP contribution in [-0.2, 0) is 10.2 Å². The fraction of sp³-hybridized carbons (Fsp3) is 0.385. The SMILES string of the molecule is CN1CC[C@@]2(C=CCN(C(=O)OC(C)(C)C)c3ccccc32)[C@H]1C(=O)c1ccccc1. The van der Waals surface area contributed by atoms with Crippen molar-refractivity contribution >= 4 is 17.6 Å². The number of benzene rings is 2. The highest BCUT2D eigenvalue weighted by Gasteiger charge is 2.51. The Labute approximate surface area is 184 Å². The second-order valence-corrected chi connectivity index (χ2v) is 9.41. The van der Waals surface area contributed by atoms with E-state index in [2.05, 4.69) is 11.0 Å². The van der Waals surface area contributed by atoms with Crippen LogP contribution in [-0.4, -0.2) is 48.6 Å². The molecule has 162 valence electrons. The van der Waals surface area contributed by atoms with E-state index in [1.54, 1.807) is 4.90 Å². The smallest absolute Gasteiger partial charge is 0.415 e. The van der Waals surface area contributed by atoms with E-state index in [1.807, 2.05) is 88.5 Å². The molecule has 1 spiro atoms. The summed E-state index contributed by atoms with van der Waals surface area (Å²) in [5.74, 6) is 0.103. The zero-order chi connectivity index (χ0) is 22.2. The van der Waals surface area contributed by atoms with Crippen molar-refractivity contribution in [3.63, 3.8) is 0 Å². The monoisotopic (exact) mass is 418 g/mol. The van der Waals surface area contributed by atoms with Gasteiger partial charge in [-0.05, 0) is 52.4 Å². The first-order valence-electron chi connectivity index (χ1n) is 10.8. The second kappa shape index (κ2) is 7.97. The lowest BCUT2D eigenvalue weighted by atomic mass is 9.71. The molecule has 1 amide bonds. The first-order valence-corrected chi connectivity index (χ1v) is 10.8. The van der Waals surface area contributed by atoms with Crippen molar-refractivity contribution < 1.29 is 14.3 Å². The molecule has 1 fully saturated rings. The molecule has 5 heteroatoms. The normalized spacial score (nSPS) is 23.5. The van der Waals surface area contributed by atoms with E-state index in [4.69, 9.17) is 4.74 Å².